The molecule has 0 aliphatic heterocycles. The van der Waals surface area contributed by atoms with Gasteiger partial charge < -0.3 is 10.1 Å². The molecule has 1 N–H and O–H groups in total. The number of hydrogen-bond acceptors (Lipinski definition) is 4. The highest BCUT2D eigenvalue weighted by Gasteiger charge is 2.07. The molecule has 0 unspecified atom stereocenters. The van der Waals surface area contributed by atoms with E-state index in [9.17, 15) is 4.79 Å². The Kier molecular flexibility index (Phi) is 4.07. The molecule has 1 amide bonds. The fourth-order valence-corrected chi connectivity index (χ4v) is 1.74. The van der Waals surface area contributed by atoms with Gasteiger partial charge in [0.1, 0.15) is 11.4 Å². The molecule has 19 heavy (non-hydrogen) atoms. The van der Waals surface area contributed by atoms with Crippen LogP contribution in [0.2, 0.25) is 0 Å². The first kappa shape index (κ1) is 13.0. The molecule has 0 fully saturated rings. The summed E-state index contributed by atoms with van der Waals surface area (Å²) in [7, 11) is 1.64. The largest absolute Gasteiger partial charge is 0.496 e. The molecule has 1 heterocycles. The van der Waals surface area contributed by atoms with E-state index in [0.717, 1.165) is 16.9 Å². The number of nitrogens with one attached hydrogen (secondary N) is 1. The Balaban J connectivity index is 1.99. The maximum Gasteiger partial charge on any atom is 0.271 e. The molecule has 0 saturated heterocycles. The summed E-state index contributed by atoms with van der Waals surface area (Å²) >= 11 is 0. The van der Waals surface area contributed by atoms with Crippen LogP contribution in [0.3, 0.4) is 0 Å². The second kappa shape index (κ2) is 5.95. The van der Waals surface area contributed by atoms with Crippen molar-refractivity contribution in [3.63, 3.8) is 0 Å². The Morgan fingerprint density at radius 1 is 1.37 bits per heavy atom. The standard InChI is InChI=1S/C14H15N3O2/c1-10-7-11(3-4-13(10)19-2)8-17-14(18)12-9-15-5-6-16-12/h3-7,9H,8H2,1-2H3,(H,17,18). The minimum atomic E-state index is -0.235. The van der Waals surface area contributed by atoms with Crippen LogP contribution < -0.4 is 10.1 Å². The van der Waals surface area contributed by atoms with Crippen molar-refractivity contribution < 1.29 is 9.53 Å². The molecule has 2 rings (SSSR count). The van der Waals surface area contributed by atoms with E-state index in [1.807, 2.05) is 25.1 Å². The number of amides is 1. The topological polar surface area (TPSA) is 64.1 Å². The Morgan fingerprint density at radius 3 is 2.84 bits per heavy atom. The SMILES string of the molecule is COc1ccc(CNC(=O)c2cnccn2)cc1C. The molecule has 0 bridgehead atoms. The molecule has 0 aliphatic rings. The lowest BCUT2D eigenvalue weighted by molar-refractivity contribution is 0.0945. The van der Waals surface area contributed by atoms with Crippen molar-refractivity contribution in [1.82, 2.24) is 15.3 Å². The summed E-state index contributed by atoms with van der Waals surface area (Å²) in [4.78, 5) is 19.6. The zero-order valence-electron chi connectivity index (χ0n) is 10.9. The zero-order valence-corrected chi connectivity index (χ0v) is 10.9. The Hall–Kier alpha value is -2.43. The Bertz CT molecular complexity index is 570. The van der Waals surface area contributed by atoms with Gasteiger partial charge in [-0.15, -0.1) is 0 Å². The first-order valence-electron chi connectivity index (χ1n) is 5.88. The van der Waals surface area contributed by atoms with Crippen LogP contribution >= 0.6 is 0 Å². The van der Waals surface area contributed by atoms with E-state index in [2.05, 4.69) is 15.3 Å². The average Bonchev–Trinajstić information content (AvgIpc) is 2.46. The zero-order chi connectivity index (χ0) is 13.7. The predicted molar refractivity (Wildman–Crippen MR) is 70.9 cm³/mol. The molecule has 1 aromatic carbocycles. The molecule has 0 saturated carbocycles. The predicted octanol–water partition coefficient (Wildman–Crippen LogP) is 1.72. The lowest BCUT2D eigenvalue weighted by atomic mass is 10.1. The minimum Gasteiger partial charge on any atom is -0.496 e. The van der Waals surface area contributed by atoms with Crippen LogP contribution in [0.25, 0.3) is 0 Å². The van der Waals surface area contributed by atoms with E-state index < -0.39 is 0 Å². The van der Waals surface area contributed by atoms with Crippen LogP contribution in [0.4, 0.5) is 0 Å². The fourth-order valence-electron chi connectivity index (χ4n) is 1.74. The van der Waals surface area contributed by atoms with Crippen molar-refractivity contribution in [2.45, 2.75) is 13.5 Å². The third-order valence-electron chi connectivity index (χ3n) is 2.71. The van der Waals surface area contributed by atoms with Gasteiger partial charge >= 0.3 is 0 Å². The van der Waals surface area contributed by atoms with E-state index in [4.69, 9.17) is 4.74 Å². The van der Waals surface area contributed by atoms with Gasteiger partial charge in [0.25, 0.3) is 5.91 Å². The molecule has 5 heteroatoms. The van der Waals surface area contributed by atoms with Gasteiger partial charge in [-0.3, -0.25) is 9.78 Å². The van der Waals surface area contributed by atoms with E-state index in [1.165, 1.54) is 18.6 Å². The molecule has 0 spiro atoms. The van der Waals surface area contributed by atoms with E-state index >= 15 is 0 Å². The van der Waals surface area contributed by atoms with Crippen molar-refractivity contribution in [2.24, 2.45) is 0 Å². The lowest BCUT2D eigenvalue weighted by Crippen LogP contribution is -2.23. The molecule has 98 valence electrons. The van der Waals surface area contributed by atoms with E-state index in [-0.39, 0.29) is 5.91 Å². The molecular weight excluding hydrogens is 242 g/mol. The number of rotatable bonds is 4. The van der Waals surface area contributed by atoms with Gasteiger partial charge in [0, 0.05) is 18.9 Å². The molecule has 0 radical (unpaired) electrons. The molecule has 0 aliphatic carbocycles. The van der Waals surface area contributed by atoms with Crippen molar-refractivity contribution in [3.8, 4) is 5.75 Å². The molecule has 5 nitrogen and oxygen atoms in total. The average molecular weight is 257 g/mol. The van der Waals surface area contributed by atoms with Gasteiger partial charge in [-0.1, -0.05) is 12.1 Å². The summed E-state index contributed by atoms with van der Waals surface area (Å²) in [5.41, 5.74) is 2.36. The highest BCUT2D eigenvalue weighted by atomic mass is 16.5. The van der Waals surface area contributed by atoms with Crippen molar-refractivity contribution in [3.05, 3.63) is 53.6 Å². The van der Waals surface area contributed by atoms with Crippen LogP contribution in [0, 0.1) is 6.92 Å². The first-order valence-corrected chi connectivity index (χ1v) is 5.88. The summed E-state index contributed by atoms with van der Waals surface area (Å²) < 4.78 is 5.19. The maximum absolute atomic E-state index is 11.8. The lowest BCUT2D eigenvalue weighted by Gasteiger charge is -2.08. The molecular formula is C14H15N3O2. The van der Waals surface area contributed by atoms with Crippen molar-refractivity contribution in [1.29, 1.82) is 0 Å². The van der Waals surface area contributed by atoms with Crippen LogP contribution in [0.5, 0.6) is 5.75 Å². The number of aromatic nitrogens is 2. The normalized spacial score (nSPS) is 10.0. The fraction of sp³-hybridized carbons (Fsp3) is 0.214. The van der Waals surface area contributed by atoms with Crippen LogP contribution in [-0.4, -0.2) is 23.0 Å². The number of methoxy groups -OCH3 is 1. The van der Waals surface area contributed by atoms with Gasteiger partial charge in [-0.2, -0.15) is 0 Å². The van der Waals surface area contributed by atoms with Gasteiger partial charge in [-0.25, -0.2) is 4.98 Å². The Morgan fingerprint density at radius 2 is 2.21 bits per heavy atom. The highest BCUT2D eigenvalue weighted by Crippen LogP contribution is 2.18. The summed E-state index contributed by atoms with van der Waals surface area (Å²) in [5.74, 6) is 0.602. The van der Waals surface area contributed by atoms with E-state index in [1.54, 1.807) is 7.11 Å². The summed E-state index contributed by atoms with van der Waals surface area (Å²) in [6.45, 7) is 2.41. The summed E-state index contributed by atoms with van der Waals surface area (Å²) in [5, 5.41) is 2.80. The molecule has 2 aromatic rings. The van der Waals surface area contributed by atoms with Gasteiger partial charge in [0.2, 0.25) is 0 Å². The minimum absolute atomic E-state index is 0.235. The number of benzene rings is 1. The van der Waals surface area contributed by atoms with E-state index in [0.29, 0.717) is 12.2 Å². The number of carbonyl (C=O) groups excluding carboxylic acids is 1. The Labute approximate surface area is 111 Å². The second-order valence-corrected chi connectivity index (χ2v) is 4.08. The third kappa shape index (κ3) is 3.28. The number of ether oxygens (including phenoxy) is 1. The van der Waals surface area contributed by atoms with Crippen LogP contribution in [-0.2, 0) is 6.54 Å². The van der Waals surface area contributed by atoms with Crippen molar-refractivity contribution >= 4 is 5.91 Å². The van der Waals surface area contributed by atoms with Crippen molar-refractivity contribution in [2.75, 3.05) is 7.11 Å². The quantitative estimate of drug-likeness (QED) is 0.905. The summed E-state index contributed by atoms with van der Waals surface area (Å²) in [6, 6.07) is 5.79. The number of carbonyl (C=O) groups is 1. The second-order valence-electron chi connectivity index (χ2n) is 4.08. The maximum atomic E-state index is 11.8. The summed E-state index contributed by atoms with van der Waals surface area (Å²) in [6.07, 6.45) is 4.46. The molecule has 0 atom stereocenters. The van der Waals surface area contributed by atoms with Gasteiger partial charge in [-0.05, 0) is 24.1 Å². The highest BCUT2D eigenvalue weighted by molar-refractivity contribution is 5.91. The number of aryl methyl sites for hydroxylation is 1. The monoisotopic (exact) mass is 257 g/mol. The third-order valence-corrected chi connectivity index (χ3v) is 2.71. The first-order chi connectivity index (χ1) is 9.20. The smallest absolute Gasteiger partial charge is 0.271 e. The van der Waals surface area contributed by atoms with Gasteiger partial charge in [0.05, 0.1) is 13.3 Å². The van der Waals surface area contributed by atoms with Gasteiger partial charge in [0.15, 0.2) is 0 Å². The number of hydrogen-bond donors (Lipinski definition) is 1. The number of nitrogens with zero attached hydrogens (tertiary/aromatic N) is 2. The van der Waals surface area contributed by atoms with Crippen LogP contribution in [0.15, 0.2) is 36.8 Å². The molecule has 1 aromatic heterocycles. The van der Waals surface area contributed by atoms with Crippen LogP contribution in [0.1, 0.15) is 21.6 Å².